The summed E-state index contributed by atoms with van der Waals surface area (Å²) in [5.74, 6) is -7.29. The van der Waals surface area contributed by atoms with Crippen molar-refractivity contribution in [2.45, 2.75) is 113 Å². The van der Waals surface area contributed by atoms with Crippen LogP contribution in [0.1, 0.15) is 70.6 Å². The van der Waals surface area contributed by atoms with E-state index in [2.05, 4.69) is 9.89 Å². The molecule has 3 fully saturated rings. The van der Waals surface area contributed by atoms with Crippen LogP contribution in [0.4, 0.5) is 26.3 Å². The lowest BCUT2D eigenvalue weighted by Gasteiger charge is -2.45. The van der Waals surface area contributed by atoms with Crippen molar-refractivity contribution in [3.63, 3.8) is 0 Å². The highest BCUT2D eigenvalue weighted by molar-refractivity contribution is 5.96. The third kappa shape index (κ3) is 15.9. The van der Waals surface area contributed by atoms with Crippen molar-refractivity contribution in [1.82, 2.24) is 9.80 Å². The number of alkyl halides is 6. The van der Waals surface area contributed by atoms with E-state index in [4.69, 9.17) is 41.1 Å². The van der Waals surface area contributed by atoms with Crippen LogP contribution in [0, 0.1) is 0 Å². The fourth-order valence-corrected chi connectivity index (χ4v) is 5.41. The Balaban J connectivity index is 0.000000658. The second kappa shape index (κ2) is 19.6. The number of ether oxygens (including phenoxy) is 1. The molecule has 20 heteroatoms. The maximum Gasteiger partial charge on any atom is 0.490 e. The van der Waals surface area contributed by atoms with Gasteiger partial charge in [0, 0.05) is 31.8 Å². The van der Waals surface area contributed by atoms with Gasteiger partial charge in [-0.05, 0) is 51.5 Å². The number of aliphatic imine (C=N–C) groups is 1. The molecule has 1 unspecified atom stereocenters. The maximum atomic E-state index is 11.9. The molecule has 3 rings (SSSR count). The summed E-state index contributed by atoms with van der Waals surface area (Å²) in [7, 11) is 0. The van der Waals surface area contributed by atoms with Crippen LogP contribution in [0.15, 0.2) is 4.99 Å². The standard InChI is InChI=1S/C23H41N5O5.2C2HF3O2/c24-18(15-21(30)31)22(32)26-23(25)27-12-8-17(9-13-27)33-14-10-16-5-3-4-11-28(16)19-6-1-2-7-20(19)29;2*3-2(4,5)1(6)7/h16-20,29H,1-15,24H2,(H,30,31)(H2,25,26,32);2*(H,6,7)/t16-,18?,19+,20-;;/m0../s1. The van der Waals surface area contributed by atoms with Gasteiger partial charge in [0.25, 0.3) is 5.91 Å². The zero-order valence-electron chi connectivity index (χ0n) is 25.6. The maximum absolute atomic E-state index is 11.9. The number of likely N-dealkylation sites (tertiary alicyclic amines) is 2. The highest BCUT2D eigenvalue weighted by atomic mass is 19.4. The van der Waals surface area contributed by atoms with Gasteiger partial charge in [0.1, 0.15) is 0 Å². The van der Waals surface area contributed by atoms with Crippen LogP contribution in [0.25, 0.3) is 0 Å². The van der Waals surface area contributed by atoms with E-state index in [0.717, 1.165) is 45.1 Å². The predicted molar refractivity (Wildman–Crippen MR) is 152 cm³/mol. The third-order valence-electron chi connectivity index (χ3n) is 7.78. The monoisotopic (exact) mass is 695 g/mol. The normalized spacial score (nSPS) is 23.8. The van der Waals surface area contributed by atoms with E-state index in [1.54, 1.807) is 0 Å². The number of piperidine rings is 2. The van der Waals surface area contributed by atoms with Crippen molar-refractivity contribution in [3.05, 3.63) is 0 Å². The molecule has 2 heterocycles. The number of aliphatic hydroxyl groups is 1. The number of hydrogen-bond donors (Lipinski definition) is 6. The molecule has 0 radical (unpaired) electrons. The number of nitrogens with zero attached hydrogens (tertiary/aromatic N) is 3. The van der Waals surface area contributed by atoms with Gasteiger partial charge < -0.3 is 41.5 Å². The van der Waals surface area contributed by atoms with Crippen molar-refractivity contribution < 1.29 is 70.7 Å². The lowest BCUT2D eigenvalue weighted by molar-refractivity contribution is -0.193. The SMILES string of the molecule is NC(=NC(=O)C(N)CC(=O)O)N1CCC(OCC[C@@H]2CCCCN2[C@@H]2CCCC[C@@H]2O)CC1.O=C(O)C(F)(F)F.O=C(O)C(F)(F)F. The first-order chi connectivity index (χ1) is 21.7. The molecule has 0 spiro atoms. The van der Waals surface area contributed by atoms with Gasteiger partial charge in [-0.25, -0.2) is 9.59 Å². The number of hydrogen-bond acceptors (Lipinski definition) is 8. The second-order valence-corrected chi connectivity index (χ2v) is 11.3. The highest BCUT2D eigenvalue weighted by Gasteiger charge is 2.39. The van der Waals surface area contributed by atoms with Crippen molar-refractivity contribution in [3.8, 4) is 0 Å². The Morgan fingerprint density at radius 3 is 1.83 bits per heavy atom. The topological polar surface area (TPSA) is 229 Å². The highest BCUT2D eigenvalue weighted by Crippen LogP contribution is 2.30. The summed E-state index contributed by atoms with van der Waals surface area (Å²) in [6, 6.07) is -0.391. The molecule has 0 aromatic rings. The Labute approximate surface area is 266 Å². The van der Waals surface area contributed by atoms with Crippen molar-refractivity contribution in [2.75, 3.05) is 26.2 Å². The molecule has 0 aromatic carbocycles. The Morgan fingerprint density at radius 2 is 1.34 bits per heavy atom. The van der Waals surface area contributed by atoms with Gasteiger partial charge in [0.15, 0.2) is 5.96 Å². The Kier molecular flexibility index (Phi) is 17.4. The first kappa shape index (κ1) is 41.8. The smallest absolute Gasteiger partial charge is 0.481 e. The molecule has 0 aromatic heterocycles. The van der Waals surface area contributed by atoms with E-state index in [-0.39, 0.29) is 18.2 Å². The number of carboxylic acids is 3. The molecule has 8 N–H and O–H groups in total. The summed E-state index contributed by atoms with van der Waals surface area (Å²) < 4.78 is 69.7. The molecule has 1 aliphatic carbocycles. The third-order valence-corrected chi connectivity index (χ3v) is 7.78. The van der Waals surface area contributed by atoms with Crippen LogP contribution in [0.2, 0.25) is 0 Å². The number of carbonyl (C=O) groups excluding carboxylic acids is 1. The van der Waals surface area contributed by atoms with Gasteiger partial charge in [0.2, 0.25) is 0 Å². The Morgan fingerprint density at radius 1 is 0.830 bits per heavy atom. The molecule has 0 bridgehead atoms. The number of halogens is 6. The molecular formula is C27H43F6N5O9. The van der Waals surface area contributed by atoms with Gasteiger partial charge in [-0.3, -0.25) is 14.5 Å². The van der Waals surface area contributed by atoms with Crippen molar-refractivity contribution in [2.24, 2.45) is 16.5 Å². The molecular weight excluding hydrogens is 652 g/mol. The molecule has 47 heavy (non-hydrogen) atoms. The van der Waals surface area contributed by atoms with Crippen molar-refractivity contribution in [1.29, 1.82) is 0 Å². The number of guanidine groups is 1. The van der Waals surface area contributed by atoms with Crippen LogP contribution in [0.3, 0.4) is 0 Å². The number of carboxylic acid groups (broad SMARTS) is 3. The molecule has 4 atom stereocenters. The summed E-state index contributed by atoms with van der Waals surface area (Å²) in [6.45, 7) is 3.05. The molecule has 2 aliphatic heterocycles. The first-order valence-electron chi connectivity index (χ1n) is 15.0. The second-order valence-electron chi connectivity index (χ2n) is 11.3. The van der Waals surface area contributed by atoms with Gasteiger partial charge in [-0.2, -0.15) is 31.3 Å². The number of aliphatic carboxylic acids is 3. The molecule has 1 amide bonds. The average Bonchev–Trinajstić information content (AvgIpc) is 2.97. The summed E-state index contributed by atoms with van der Waals surface area (Å²) in [5.41, 5.74) is 11.5. The number of aliphatic hydroxyl groups excluding tert-OH is 1. The zero-order chi connectivity index (χ0) is 35.9. The van der Waals surface area contributed by atoms with Crippen LogP contribution in [0.5, 0.6) is 0 Å². The first-order valence-corrected chi connectivity index (χ1v) is 15.0. The van der Waals surface area contributed by atoms with E-state index in [9.17, 15) is 41.0 Å². The predicted octanol–water partition coefficient (Wildman–Crippen LogP) is 1.93. The number of carbonyl (C=O) groups is 4. The lowest BCUT2D eigenvalue weighted by Crippen LogP contribution is -2.52. The van der Waals surface area contributed by atoms with E-state index in [1.165, 1.54) is 25.7 Å². The number of amides is 1. The van der Waals surface area contributed by atoms with Crippen LogP contribution >= 0.6 is 0 Å². The van der Waals surface area contributed by atoms with E-state index in [1.807, 2.05) is 4.90 Å². The van der Waals surface area contributed by atoms with Gasteiger partial charge >= 0.3 is 30.3 Å². The van der Waals surface area contributed by atoms with E-state index in [0.29, 0.717) is 31.8 Å². The van der Waals surface area contributed by atoms with Crippen LogP contribution in [-0.2, 0) is 23.9 Å². The van der Waals surface area contributed by atoms with Crippen molar-refractivity contribution >= 4 is 29.8 Å². The van der Waals surface area contributed by atoms with Gasteiger partial charge in [-0.15, -0.1) is 0 Å². The molecule has 2 saturated heterocycles. The van der Waals surface area contributed by atoms with Crippen LogP contribution < -0.4 is 11.5 Å². The summed E-state index contributed by atoms with van der Waals surface area (Å²) >= 11 is 0. The van der Waals surface area contributed by atoms with Gasteiger partial charge in [-0.1, -0.05) is 19.3 Å². The summed E-state index contributed by atoms with van der Waals surface area (Å²) in [6.07, 6.45) is -0.0954. The molecule has 3 aliphatic rings. The Hall–Kier alpha value is -3.23. The van der Waals surface area contributed by atoms with Gasteiger partial charge in [0.05, 0.1) is 24.7 Å². The zero-order valence-corrected chi connectivity index (χ0v) is 25.6. The summed E-state index contributed by atoms with van der Waals surface area (Å²) in [5, 5.41) is 33.5. The molecule has 14 nitrogen and oxygen atoms in total. The Bertz CT molecular complexity index is 1030. The number of rotatable bonds is 8. The lowest BCUT2D eigenvalue weighted by atomic mass is 9.87. The van der Waals surface area contributed by atoms with Crippen LogP contribution in [-0.4, -0.2) is 129 Å². The minimum atomic E-state index is -5.08. The average molecular weight is 696 g/mol. The number of nitrogens with two attached hydrogens (primary N) is 2. The van der Waals surface area contributed by atoms with E-state index >= 15 is 0 Å². The minimum absolute atomic E-state index is 0.0863. The fourth-order valence-electron chi connectivity index (χ4n) is 5.41. The minimum Gasteiger partial charge on any atom is -0.481 e. The molecule has 272 valence electrons. The summed E-state index contributed by atoms with van der Waals surface area (Å²) in [4.78, 5) is 48.6. The quantitative estimate of drug-likeness (QED) is 0.121. The largest absolute Gasteiger partial charge is 0.490 e. The molecule has 1 saturated carbocycles. The fraction of sp³-hybridized carbons (Fsp3) is 0.815. The van der Waals surface area contributed by atoms with E-state index < -0.39 is 48.6 Å².